The van der Waals surface area contributed by atoms with Gasteiger partial charge < -0.3 is 10.1 Å². The summed E-state index contributed by atoms with van der Waals surface area (Å²) in [5.41, 5.74) is 2.34. The van der Waals surface area contributed by atoms with Gasteiger partial charge in [-0.25, -0.2) is 4.39 Å². The van der Waals surface area contributed by atoms with Gasteiger partial charge in [-0.2, -0.15) is 0 Å². The fourth-order valence-electron chi connectivity index (χ4n) is 2.06. The lowest BCUT2D eigenvalue weighted by atomic mass is 10.1. The molecule has 1 fully saturated rings. The minimum atomic E-state index is -0.254. The van der Waals surface area contributed by atoms with Crippen LogP contribution in [0.15, 0.2) is 46.9 Å². The van der Waals surface area contributed by atoms with Crippen LogP contribution in [0.4, 0.5) is 4.39 Å². The van der Waals surface area contributed by atoms with E-state index in [0.717, 1.165) is 16.6 Å². The van der Waals surface area contributed by atoms with Crippen molar-refractivity contribution in [2.24, 2.45) is 0 Å². The highest BCUT2D eigenvalue weighted by Gasteiger charge is 2.19. The fraction of sp³-hybridized carbons (Fsp3) is 0.294. The van der Waals surface area contributed by atoms with Crippen molar-refractivity contribution in [3.05, 3.63) is 63.9 Å². The third-order valence-electron chi connectivity index (χ3n) is 3.50. The van der Waals surface area contributed by atoms with Gasteiger partial charge in [0.2, 0.25) is 0 Å². The summed E-state index contributed by atoms with van der Waals surface area (Å²) in [6.45, 7) is 1.37. The van der Waals surface area contributed by atoms with Crippen LogP contribution in [-0.2, 0) is 13.2 Å². The zero-order valence-corrected chi connectivity index (χ0v) is 13.2. The Morgan fingerprint density at radius 1 is 1.14 bits per heavy atom. The van der Waals surface area contributed by atoms with Crippen LogP contribution in [0.1, 0.15) is 24.0 Å². The molecule has 0 bridgehead atoms. The smallest absolute Gasteiger partial charge is 0.123 e. The average Bonchev–Trinajstić information content (AvgIpc) is 3.30. The van der Waals surface area contributed by atoms with Crippen LogP contribution in [0.5, 0.6) is 5.75 Å². The van der Waals surface area contributed by atoms with Gasteiger partial charge in [-0.05, 0) is 48.7 Å². The van der Waals surface area contributed by atoms with Crippen LogP contribution in [0.2, 0.25) is 0 Å². The van der Waals surface area contributed by atoms with E-state index in [-0.39, 0.29) is 5.82 Å². The topological polar surface area (TPSA) is 21.3 Å². The van der Waals surface area contributed by atoms with Gasteiger partial charge in [0.1, 0.15) is 18.2 Å². The van der Waals surface area contributed by atoms with E-state index in [1.165, 1.54) is 30.5 Å². The number of hydrogen-bond donors (Lipinski definition) is 1. The molecule has 0 spiro atoms. The van der Waals surface area contributed by atoms with Crippen molar-refractivity contribution < 1.29 is 9.13 Å². The van der Waals surface area contributed by atoms with E-state index < -0.39 is 0 Å². The molecule has 1 N–H and O–H groups in total. The van der Waals surface area contributed by atoms with E-state index in [1.54, 1.807) is 12.1 Å². The summed E-state index contributed by atoms with van der Waals surface area (Å²) in [7, 11) is 0. The second-order valence-electron chi connectivity index (χ2n) is 5.32. The van der Waals surface area contributed by atoms with E-state index in [0.29, 0.717) is 18.4 Å². The van der Waals surface area contributed by atoms with Gasteiger partial charge in [-0.1, -0.05) is 28.1 Å². The molecule has 0 amide bonds. The minimum absolute atomic E-state index is 0.254. The molecule has 0 radical (unpaired) electrons. The molecule has 2 aromatic rings. The zero-order valence-electron chi connectivity index (χ0n) is 11.6. The normalized spacial score (nSPS) is 14.2. The number of hydrogen-bond acceptors (Lipinski definition) is 2. The lowest BCUT2D eigenvalue weighted by molar-refractivity contribution is 0.305. The van der Waals surface area contributed by atoms with Gasteiger partial charge in [0.25, 0.3) is 0 Å². The molecule has 4 heteroatoms. The number of nitrogens with one attached hydrogen (secondary N) is 1. The minimum Gasteiger partial charge on any atom is -0.489 e. The number of halogens is 2. The Hall–Kier alpha value is -1.39. The molecule has 21 heavy (non-hydrogen) atoms. The number of rotatable bonds is 6. The highest BCUT2D eigenvalue weighted by Crippen LogP contribution is 2.23. The van der Waals surface area contributed by atoms with E-state index in [4.69, 9.17) is 4.74 Å². The van der Waals surface area contributed by atoms with Crippen molar-refractivity contribution in [1.82, 2.24) is 5.32 Å². The Morgan fingerprint density at radius 3 is 2.57 bits per heavy atom. The largest absolute Gasteiger partial charge is 0.489 e. The van der Waals surface area contributed by atoms with Crippen LogP contribution >= 0.6 is 15.9 Å². The Morgan fingerprint density at radius 2 is 1.90 bits per heavy atom. The molecule has 0 unspecified atom stereocenters. The zero-order chi connectivity index (χ0) is 14.7. The lowest BCUT2D eigenvalue weighted by Crippen LogP contribution is -2.15. The number of ether oxygens (including phenoxy) is 1. The van der Waals surface area contributed by atoms with Gasteiger partial charge in [0, 0.05) is 22.6 Å². The summed E-state index contributed by atoms with van der Waals surface area (Å²) in [5.74, 6) is 0.416. The molecule has 2 aromatic carbocycles. The first-order valence-electron chi connectivity index (χ1n) is 7.10. The second-order valence-corrected chi connectivity index (χ2v) is 6.18. The predicted molar refractivity (Wildman–Crippen MR) is 84.7 cm³/mol. The molecule has 3 rings (SSSR count). The number of benzene rings is 2. The quantitative estimate of drug-likeness (QED) is 0.833. The molecule has 2 nitrogen and oxygen atoms in total. The third-order valence-corrected chi connectivity index (χ3v) is 4.24. The second kappa shape index (κ2) is 6.58. The van der Waals surface area contributed by atoms with Crippen molar-refractivity contribution in [3.8, 4) is 5.75 Å². The van der Waals surface area contributed by atoms with E-state index in [9.17, 15) is 4.39 Å². The summed E-state index contributed by atoms with van der Waals surface area (Å²) in [6, 6.07) is 13.1. The van der Waals surface area contributed by atoms with Crippen molar-refractivity contribution in [2.45, 2.75) is 32.0 Å². The summed E-state index contributed by atoms with van der Waals surface area (Å²) in [5, 5.41) is 3.50. The highest BCUT2D eigenvalue weighted by molar-refractivity contribution is 9.10. The maximum atomic E-state index is 12.8. The standard InChI is InChI=1S/C17H17BrFNO/c18-17-9-12(10-20-15-5-6-15)1-2-13(17)11-21-16-7-3-14(19)4-8-16/h1-4,7-9,15,20H,5-6,10-11H2. The highest BCUT2D eigenvalue weighted by atomic mass is 79.9. The molecule has 0 heterocycles. The van der Waals surface area contributed by atoms with Crippen molar-refractivity contribution in [2.75, 3.05) is 0 Å². The molecule has 0 saturated heterocycles. The van der Waals surface area contributed by atoms with E-state index >= 15 is 0 Å². The van der Waals surface area contributed by atoms with Gasteiger partial charge >= 0.3 is 0 Å². The summed E-state index contributed by atoms with van der Waals surface area (Å²) in [6.07, 6.45) is 2.59. The summed E-state index contributed by atoms with van der Waals surface area (Å²) in [4.78, 5) is 0. The first kappa shape index (κ1) is 14.5. The van der Waals surface area contributed by atoms with Crippen molar-refractivity contribution >= 4 is 15.9 Å². The van der Waals surface area contributed by atoms with E-state index in [1.807, 2.05) is 0 Å². The Balaban J connectivity index is 1.58. The van der Waals surface area contributed by atoms with Crippen LogP contribution < -0.4 is 10.1 Å². The fourth-order valence-corrected chi connectivity index (χ4v) is 2.60. The van der Waals surface area contributed by atoms with Gasteiger partial charge in [-0.3, -0.25) is 0 Å². The third kappa shape index (κ3) is 4.29. The van der Waals surface area contributed by atoms with Crippen LogP contribution in [0.3, 0.4) is 0 Å². The van der Waals surface area contributed by atoms with Gasteiger partial charge in [0.15, 0.2) is 0 Å². The van der Waals surface area contributed by atoms with Gasteiger partial charge in [-0.15, -0.1) is 0 Å². The maximum Gasteiger partial charge on any atom is 0.123 e. The van der Waals surface area contributed by atoms with Gasteiger partial charge in [0.05, 0.1) is 0 Å². The molecule has 0 atom stereocenters. The Labute approximate surface area is 132 Å². The predicted octanol–water partition coefficient (Wildman–Crippen LogP) is 4.42. The molecule has 1 saturated carbocycles. The monoisotopic (exact) mass is 349 g/mol. The first-order chi connectivity index (χ1) is 10.2. The maximum absolute atomic E-state index is 12.8. The van der Waals surface area contributed by atoms with Crippen molar-refractivity contribution in [3.63, 3.8) is 0 Å². The Bertz CT molecular complexity index is 611. The Kier molecular flexibility index (Phi) is 4.56. The molecular weight excluding hydrogens is 333 g/mol. The summed E-state index contributed by atoms with van der Waals surface area (Å²) < 4.78 is 19.5. The molecular formula is C17H17BrFNO. The molecule has 110 valence electrons. The lowest BCUT2D eigenvalue weighted by Gasteiger charge is -2.10. The SMILES string of the molecule is Fc1ccc(OCc2ccc(CNC3CC3)cc2Br)cc1. The molecule has 0 aliphatic heterocycles. The summed E-state index contributed by atoms with van der Waals surface area (Å²) >= 11 is 3.59. The average molecular weight is 350 g/mol. The molecule has 0 aromatic heterocycles. The first-order valence-corrected chi connectivity index (χ1v) is 7.89. The van der Waals surface area contributed by atoms with Crippen LogP contribution in [-0.4, -0.2) is 6.04 Å². The van der Waals surface area contributed by atoms with Crippen LogP contribution in [0, 0.1) is 5.82 Å². The van der Waals surface area contributed by atoms with Crippen LogP contribution in [0.25, 0.3) is 0 Å². The molecule has 1 aliphatic rings. The van der Waals surface area contributed by atoms with Crippen molar-refractivity contribution in [1.29, 1.82) is 0 Å². The van der Waals surface area contributed by atoms with E-state index in [2.05, 4.69) is 39.4 Å². The molecule has 1 aliphatic carbocycles.